The number of aliphatic carboxylic acids is 1. The molecule has 27 nitrogen and oxygen atoms in total. The van der Waals surface area contributed by atoms with Crippen LogP contribution in [-0.4, -0.2) is 168 Å². The van der Waals surface area contributed by atoms with Crippen LogP contribution in [-0.2, 0) is 49.6 Å². The van der Waals surface area contributed by atoms with Crippen LogP contribution in [0.2, 0.25) is 0 Å². The predicted molar refractivity (Wildman–Crippen MR) is 282 cm³/mol. The molecule has 1 aromatic rings. The van der Waals surface area contributed by atoms with E-state index in [1.807, 2.05) is 0 Å². The fourth-order valence-electron chi connectivity index (χ4n) is 7.38. The highest BCUT2D eigenvalue weighted by Crippen LogP contribution is 2.20. The van der Waals surface area contributed by atoms with Gasteiger partial charge in [-0.3, -0.25) is 43.8 Å². The number of rotatable bonds is 33. The first-order valence-corrected chi connectivity index (χ1v) is 25.5. The van der Waals surface area contributed by atoms with E-state index in [0.29, 0.717) is 44.2 Å². The van der Waals surface area contributed by atoms with Gasteiger partial charge in [-0.25, -0.2) is 9.79 Å². The van der Waals surface area contributed by atoms with E-state index in [-0.39, 0.29) is 82.8 Å². The second kappa shape index (κ2) is 34.3. The van der Waals surface area contributed by atoms with Crippen molar-refractivity contribution < 1.29 is 53.4 Å². The molecule has 28 heteroatoms. The van der Waals surface area contributed by atoms with Crippen molar-refractivity contribution in [3.63, 3.8) is 0 Å². The summed E-state index contributed by atoms with van der Waals surface area (Å²) in [4.78, 5) is 125. The van der Waals surface area contributed by atoms with E-state index < -0.39 is 114 Å². The SMILES string of the molecule is C[C@H](NC(=O)[C@@H](NC(=O)[C@@H](N)CCCCN)[C@@H](O)CN)C(=O)NCC(=O)/N=C(\CCCN)C(=O)N1CCC[C@H]1C(=O)N[C@@H](Cc1ccc(I)cc1)C(=O)N[C@@H](CCCCN)C(=O)N/C(=C\CCNC(=N)N)C(=O)O. The number of hydrogen-bond donors (Lipinski definition) is 16. The molecular weight excluding hydrogens is 1080 g/mol. The molecule has 412 valence electrons. The standard InChI is InChI=1S/C46H75IN16O11/c1-26(57-43(71)37(35(64)24-51)62-39(67)29(52)9-2-4-18-48)38(66)56-25-36(65)58-31(11-6-20-50)44(72)63-22-8-13-34(63)42(70)61-33(23-27-14-16-28(47)17-15-27)41(69)59-30(10-3-5-19-49)40(68)60-32(45(73)74)12-7-21-55-46(53)54/h12,14-17,26,29-30,33-35,37,64H,2-11,13,18-25,48-52H2,1H3,(H,56,66)(H,57,71)(H,59,69)(H,60,68)(H,61,70)(H,62,67)(H,73,74)(H4,53,54,55)/b32-12-,58-31+/t26-,29-,30-,33-,34-,35-,37-/m0/s1. The van der Waals surface area contributed by atoms with Gasteiger partial charge in [-0.15, -0.1) is 0 Å². The zero-order valence-corrected chi connectivity index (χ0v) is 43.8. The molecule has 8 amide bonds. The lowest BCUT2D eigenvalue weighted by molar-refractivity contribution is -0.137. The lowest BCUT2D eigenvalue weighted by Gasteiger charge is -2.28. The maximum atomic E-state index is 14.2. The van der Waals surface area contributed by atoms with Crippen molar-refractivity contribution in [2.24, 2.45) is 39.4 Å². The van der Waals surface area contributed by atoms with Gasteiger partial charge in [0.05, 0.1) is 18.7 Å². The van der Waals surface area contributed by atoms with Crippen LogP contribution in [0.25, 0.3) is 0 Å². The van der Waals surface area contributed by atoms with Crippen molar-refractivity contribution in [1.29, 1.82) is 5.41 Å². The number of aliphatic hydroxyl groups is 1. The van der Waals surface area contributed by atoms with Gasteiger partial charge in [0.1, 0.15) is 41.6 Å². The molecule has 0 spiro atoms. The van der Waals surface area contributed by atoms with Crippen LogP contribution in [0.1, 0.15) is 83.1 Å². The van der Waals surface area contributed by atoms with Gasteiger partial charge in [-0.1, -0.05) is 24.6 Å². The minimum Gasteiger partial charge on any atom is -0.477 e. The number of amides is 8. The molecule has 1 saturated heterocycles. The number of nitrogens with one attached hydrogen (secondary N) is 8. The van der Waals surface area contributed by atoms with Gasteiger partial charge >= 0.3 is 5.97 Å². The lowest BCUT2D eigenvalue weighted by atomic mass is 10.0. The molecule has 7 atom stereocenters. The minimum absolute atomic E-state index is 0.0554. The summed E-state index contributed by atoms with van der Waals surface area (Å²) in [6.45, 7) is 1.09. The third-order valence-electron chi connectivity index (χ3n) is 11.5. The highest BCUT2D eigenvalue weighted by molar-refractivity contribution is 14.1. The van der Waals surface area contributed by atoms with Crippen molar-refractivity contribution in [3.05, 3.63) is 45.2 Å². The van der Waals surface area contributed by atoms with Crippen LogP contribution in [0.3, 0.4) is 0 Å². The van der Waals surface area contributed by atoms with Crippen molar-refractivity contribution in [1.82, 2.24) is 42.1 Å². The second-order valence-corrected chi connectivity index (χ2v) is 18.7. The molecular formula is C46H75IN16O11. The average Bonchev–Trinajstić information content (AvgIpc) is 3.87. The summed E-state index contributed by atoms with van der Waals surface area (Å²) in [5, 5.41) is 44.8. The number of carbonyl (C=O) groups excluding carboxylic acids is 8. The number of nitrogens with two attached hydrogens (primary N) is 6. The van der Waals surface area contributed by atoms with Crippen molar-refractivity contribution in [2.75, 3.05) is 45.8 Å². The van der Waals surface area contributed by atoms with Crippen LogP contribution in [0.4, 0.5) is 0 Å². The first-order valence-electron chi connectivity index (χ1n) is 24.4. The number of nitrogens with zero attached hydrogens (tertiary/aromatic N) is 2. The quantitative estimate of drug-likeness (QED) is 0.0104. The number of guanidine groups is 1. The fraction of sp³-hybridized carbons (Fsp3) is 0.587. The molecule has 1 fully saturated rings. The zero-order valence-electron chi connectivity index (χ0n) is 41.7. The Balaban J connectivity index is 2.29. The molecule has 0 bridgehead atoms. The van der Waals surface area contributed by atoms with Gasteiger partial charge < -0.3 is 86.7 Å². The van der Waals surface area contributed by atoms with Crippen molar-refractivity contribution in [2.45, 2.75) is 126 Å². The van der Waals surface area contributed by atoms with E-state index in [9.17, 15) is 53.4 Å². The van der Waals surface area contributed by atoms with Gasteiger partial charge in [0, 0.05) is 29.6 Å². The van der Waals surface area contributed by atoms with E-state index in [1.54, 1.807) is 24.3 Å². The molecule has 1 aliphatic rings. The first kappa shape index (κ1) is 63.9. The van der Waals surface area contributed by atoms with Crippen molar-refractivity contribution in [3.8, 4) is 0 Å². The van der Waals surface area contributed by atoms with E-state index in [4.69, 9.17) is 39.8 Å². The van der Waals surface area contributed by atoms with E-state index in [2.05, 4.69) is 64.8 Å². The summed E-state index contributed by atoms with van der Waals surface area (Å²) >= 11 is 2.11. The highest BCUT2D eigenvalue weighted by atomic mass is 127. The average molecular weight is 1160 g/mol. The van der Waals surface area contributed by atoms with Crippen LogP contribution < -0.4 is 71.6 Å². The van der Waals surface area contributed by atoms with E-state index >= 15 is 0 Å². The third kappa shape index (κ3) is 22.9. The summed E-state index contributed by atoms with van der Waals surface area (Å²) in [5.74, 6) is -8.41. The maximum absolute atomic E-state index is 14.2. The van der Waals surface area contributed by atoms with Crippen LogP contribution >= 0.6 is 22.6 Å². The zero-order chi connectivity index (χ0) is 55.3. The number of halogens is 1. The predicted octanol–water partition coefficient (Wildman–Crippen LogP) is -4.53. The van der Waals surface area contributed by atoms with Crippen LogP contribution in [0, 0.1) is 8.98 Å². The Kier molecular flexibility index (Phi) is 29.7. The summed E-state index contributed by atoms with van der Waals surface area (Å²) in [7, 11) is 0. The number of benzene rings is 1. The van der Waals surface area contributed by atoms with Crippen molar-refractivity contribution >= 4 is 87.5 Å². The van der Waals surface area contributed by atoms with Gasteiger partial charge in [0.2, 0.25) is 35.4 Å². The van der Waals surface area contributed by atoms with Gasteiger partial charge in [0.15, 0.2) is 5.96 Å². The molecule has 1 aromatic carbocycles. The van der Waals surface area contributed by atoms with Gasteiger partial charge in [0.25, 0.3) is 11.8 Å². The molecule has 1 heterocycles. The number of aliphatic hydroxyl groups excluding tert-OH is 1. The summed E-state index contributed by atoms with van der Waals surface area (Å²) in [6.07, 6.45) is 2.69. The van der Waals surface area contributed by atoms with Crippen LogP contribution in [0.15, 0.2) is 41.0 Å². The Hall–Kier alpha value is -6.18. The number of carboxylic acid groups (broad SMARTS) is 1. The molecule has 0 aliphatic carbocycles. The summed E-state index contributed by atoms with van der Waals surface area (Å²) in [5.41, 5.74) is 33.6. The van der Waals surface area contributed by atoms with Gasteiger partial charge in [-0.2, -0.15) is 0 Å². The summed E-state index contributed by atoms with van der Waals surface area (Å²) < 4.78 is 0.896. The second-order valence-electron chi connectivity index (χ2n) is 17.4. The van der Waals surface area contributed by atoms with E-state index in [1.165, 1.54) is 17.9 Å². The largest absolute Gasteiger partial charge is 0.477 e. The minimum atomic E-state index is -1.57. The van der Waals surface area contributed by atoms with Crippen LogP contribution in [0.5, 0.6) is 0 Å². The smallest absolute Gasteiger partial charge is 0.352 e. The molecule has 1 aliphatic heterocycles. The fourth-order valence-corrected chi connectivity index (χ4v) is 7.74. The number of carbonyl (C=O) groups is 9. The molecule has 2 rings (SSSR count). The summed E-state index contributed by atoms with van der Waals surface area (Å²) in [6, 6.07) is -0.515. The Labute approximate surface area is 443 Å². The lowest BCUT2D eigenvalue weighted by Crippen LogP contribution is -2.60. The maximum Gasteiger partial charge on any atom is 0.352 e. The molecule has 0 radical (unpaired) electrons. The highest BCUT2D eigenvalue weighted by Gasteiger charge is 2.38. The molecule has 0 aromatic heterocycles. The Morgan fingerprint density at radius 3 is 2.08 bits per heavy atom. The monoisotopic (exact) mass is 1150 g/mol. The first-order chi connectivity index (χ1) is 35.2. The molecule has 0 saturated carbocycles. The Bertz CT molecular complexity index is 2150. The number of hydrogen-bond acceptors (Lipinski definition) is 16. The van der Waals surface area contributed by atoms with E-state index in [0.717, 1.165) is 3.57 Å². The molecule has 0 unspecified atom stereocenters. The number of likely N-dealkylation sites (tertiary alicyclic amines) is 1. The number of unbranched alkanes of at least 4 members (excludes halogenated alkanes) is 2. The number of aliphatic imine (C=N–C) groups is 1. The Morgan fingerprint density at radius 2 is 1.47 bits per heavy atom. The number of carboxylic acids is 1. The molecule has 22 N–H and O–H groups in total. The third-order valence-corrected chi connectivity index (χ3v) is 12.2. The topological polar surface area (TPSA) is 474 Å². The Morgan fingerprint density at radius 1 is 0.824 bits per heavy atom. The normalized spacial score (nSPS) is 16.1. The van der Waals surface area contributed by atoms with Gasteiger partial charge in [-0.05, 0) is 131 Å². The molecule has 74 heavy (non-hydrogen) atoms.